The van der Waals surface area contributed by atoms with Crippen LogP contribution in [0.3, 0.4) is 0 Å². The monoisotopic (exact) mass is 620 g/mol. The highest BCUT2D eigenvalue weighted by Gasteiger charge is 2.42. The molecular formula is C32H30ClFN4O6. The van der Waals surface area contributed by atoms with Crippen molar-refractivity contribution in [2.24, 2.45) is 5.16 Å². The highest BCUT2D eigenvalue weighted by molar-refractivity contribution is 6.31. The summed E-state index contributed by atoms with van der Waals surface area (Å²) in [5, 5.41) is 26.0. The zero-order valence-electron chi connectivity index (χ0n) is 23.6. The van der Waals surface area contributed by atoms with Gasteiger partial charge in [-0.3, -0.25) is 9.59 Å². The van der Waals surface area contributed by atoms with Crippen LogP contribution >= 0.6 is 11.6 Å². The Morgan fingerprint density at radius 2 is 1.73 bits per heavy atom. The molecule has 3 aliphatic heterocycles. The van der Waals surface area contributed by atoms with E-state index >= 15 is 0 Å². The van der Waals surface area contributed by atoms with E-state index in [2.05, 4.69) is 15.4 Å². The number of rotatable bonds is 6. The molecule has 3 heterocycles. The first kappa shape index (κ1) is 29.6. The third-order valence-corrected chi connectivity index (χ3v) is 8.63. The average molecular weight is 621 g/mol. The number of piperidine rings is 1. The van der Waals surface area contributed by atoms with Gasteiger partial charge in [0.1, 0.15) is 6.04 Å². The van der Waals surface area contributed by atoms with E-state index in [0.717, 1.165) is 11.3 Å². The van der Waals surface area contributed by atoms with Crippen LogP contribution in [0.1, 0.15) is 52.4 Å². The average Bonchev–Trinajstić information content (AvgIpc) is 3.52. The summed E-state index contributed by atoms with van der Waals surface area (Å²) < 4.78 is 14.7. The summed E-state index contributed by atoms with van der Waals surface area (Å²) in [5.74, 6) is -2.69. The number of hydrogen-bond acceptors (Lipinski definition) is 7. The van der Waals surface area contributed by atoms with Gasteiger partial charge >= 0.3 is 5.97 Å². The van der Waals surface area contributed by atoms with Crippen LogP contribution in [0.2, 0.25) is 5.02 Å². The highest BCUT2D eigenvalue weighted by atomic mass is 35.5. The minimum atomic E-state index is -1.09. The number of hydrogen-bond donors (Lipinski definition) is 3. The first-order chi connectivity index (χ1) is 21.2. The largest absolute Gasteiger partial charge is 0.478 e. The summed E-state index contributed by atoms with van der Waals surface area (Å²) in [4.78, 5) is 48.4. The molecule has 3 aliphatic rings. The quantitative estimate of drug-likeness (QED) is 0.372. The molecule has 0 unspecified atom stereocenters. The van der Waals surface area contributed by atoms with Crippen molar-refractivity contribution in [2.75, 3.05) is 29.9 Å². The Kier molecular flexibility index (Phi) is 8.24. The molecule has 3 aromatic rings. The van der Waals surface area contributed by atoms with Gasteiger partial charge in [0.15, 0.2) is 5.82 Å². The summed E-state index contributed by atoms with van der Waals surface area (Å²) in [6, 6.07) is 14.9. The molecule has 3 N–H and O–H groups in total. The number of carbonyl (C=O) groups excluding carboxylic acids is 2. The van der Waals surface area contributed by atoms with Crippen molar-refractivity contribution in [2.45, 2.75) is 43.9 Å². The SMILES string of the molecule is O=C(O)c1ccc(NC(=O)[C@@H]2c3cccc(N4CCC(O)CC4)c3CCN2C(=O)[C@H]2CC(c3cccc(Cl)c3F)=NO2)cc1. The molecule has 0 radical (unpaired) electrons. The first-order valence-corrected chi connectivity index (χ1v) is 14.8. The summed E-state index contributed by atoms with van der Waals surface area (Å²) >= 11 is 5.95. The fraction of sp³-hybridized carbons (Fsp3) is 0.312. The number of oxime groups is 1. The number of fused-ring (bicyclic) bond motifs is 1. The number of amides is 2. The molecule has 12 heteroatoms. The first-order valence-electron chi connectivity index (χ1n) is 14.4. The number of carboxylic acids is 1. The van der Waals surface area contributed by atoms with E-state index in [1.54, 1.807) is 6.07 Å². The van der Waals surface area contributed by atoms with Gasteiger partial charge in [0, 0.05) is 43.0 Å². The number of carboxylic acid groups (broad SMARTS) is 1. The van der Waals surface area contributed by atoms with Crippen LogP contribution in [0.4, 0.5) is 15.8 Å². The molecule has 44 heavy (non-hydrogen) atoms. The molecule has 0 bridgehead atoms. The predicted molar refractivity (Wildman–Crippen MR) is 162 cm³/mol. The van der Waals surface area contributed by atoms with E-state index in [4.69, 9.17) is 16.4 Å². The van der Waals surface area contributed by atoms with E-state index in [1.807, 2.05) is 18.2 Å². The Morgan fingerprint density at radius 3 is 2.45 bits per heavy atom. The van der Waals surface area contributed by atoms with E-state index in [-0.39, 0.29) is 40.9 Å². The van der Waals surface area contributed by atoms with Crippen LogP contribution in [0.5, 0.6) is 0 Å². The maximum atomic E-state index is 14.7. The zero-order chi connectivity index (χ0) is 31.0. The second-order valence-corrected chi connectivity index (χ2v) is 11.5. The molecule has 6 rings (SSSR count). The lowest BCUT2D eigenvalue weighted by Gasteiger charge is -2.40. The number of anilines is 2. The second kappa shape index (κ2) is 12.3. The molecule has 1 fully saturated rings. The minimum Gasteiger partial charge on any atom is -0.478 e. The van der Waals surface area contributed by atoms with Gasteiger partial charge in [0.2, 0.25) is 6.10 Å². The van der Waals surface area contributed by atoms with Gasteiger partial charge in [0.25, 0.3) is 11.8 Å². The topological polar surface area (TPSA) is 132 Å². The molecule has 2 atom stereocenters. The van der Waals surface area contributed by atoms with Gasteiger partial charge in [-0.1, -0.05) is 35.0 Å². The Hall–Kier alpha value is -4.48. The molecule has 3 aromatic carbocycles. The van der Waals surface area contributed by atoms with Crippen molar-refractivity contribution >= 4 is 46.5 Å². The third kappa shape index (κ3) is 5.72. The van der Waals surface area contributed by atoms with Gasteiger partial charge in [-0.2, -0.15) is 0 Å². The van der Waals surface area contributed by atoms with Crippen LogP contribution in [0, 0.1) is 5.82 Å². The van der Waals surface area contributed by atoms with Gasteiger partial charge in [-0.05, 0) is 72.9 Å². The molecule has 0 aliphatic carbocycles. The van der Waals surface area contributed by atoms with Gasteiger partial charge in [-0.25, -0.2) is 9.18 Å². The molecular weight excluding hydrogens is 591 g/mol. The number of benzene rings is 3. The van der Waals surface area contributed by atoms with Crippen LogP contribution in [-0.2, 0) is 20.8 Å². The molecule has 1 saturated heterocycles. The molecule has 0 spiro atoms. The fourth-order valence-corrected chi connectivity index (χ4v) is 6.23. The Balaban J connectivity index is 1.30. The van der Waals surface area contributed by atoms with Crippen molar-refractivity contribution in [3.05, 3.63) is 93.8 Å². The lowest BCUT2D eigenvalue weighted by Crippen LogP contribution is -2.49. The Morgan fingerprint density at radius 1 is 1.00 bits per heavy atom. The summed E-state index contributed by atoms with van der Waals surface area (Å²) in [6.07, 6.45) is 0.348. The van der Waals surface area contributed by atoms with E-state index < -0.39 is 35.7 Å². The molecule has 2 amide bonds. The highest BCUT2D eigenvalue weighted by Crippen LogP contribution is 2.38. The van der Waals surface area contributed by atoms with Crippen LogP contribution in [0.15, 0.2) is 65.8 Å². The number of aromatic carboxylic acids is 1. The van der Waals surface area contributed by atoms with Gasteiger partial charge < -0.3 is 30.2 Å². The smallest absolute Gasteiger partial charge is 0.335 e. The van der Waals surface area contributed by atoms with Gasteiger partial charge in [-0.15, -0.1) is 0 Å². The van der Waals surface area contributed by atoms with Crippen molar-refractivity contribution < 1.29 is 33.8 Å². The lowest BCUT2D eigenvalue weighted by molar-refractivity contribution is -0.148. The van der Waals surface area contributed by atoms with Crippen LogP contribution in [0.25, 0.3) is 0 Å². The van der Waals surface area contributed by atoms with E-state index in [1.165, 1.54) is 41.3 Å². The number of carbonyl (C=O) groups is 3. The summed E-state index contributed by atoms with van der Waals surface area (Å²) in [6.45, 7) is 1.56. The Labute approximate surface area is 257 Å². The van der Waals surface area contributed by atoms with Crippen molar-refractivity contribution in [1.82, 2.24) is 4.90 Å². The number of aliphatic hydroxyl groups excluding tert-OH is 1. The number of nitrogens with one attached hydrogen (secondary N) is 1. The van der Waals surface area contributed by atoms with Crippen molar-refractivity contribution in [3.8, 4) is 0 Å². The number of nitrogens with zero attached hydrogens (tertiary/aromatic N) is 3. The molecule has 228 valence electrons. The van der Waals surface area contributed by atoms with Crippen molar-refractivity contribution in [1.29, 1.82) is 0 Å². The van der Waals surface area contributed by atoms with Crippen LogP contribution < -0.4 is 10.2 Å². The molecule has 0 aromatic heterocycles. The zero-order valence-corrected chi connectivity index (χ0v) is 24.3. The summed E-state index contributed by atoms with van der Waals surface area (Å²) in [5.41, 5.74) is 3.41. The Bertz CT molecular complexity index is 1640. The predicted octanol–water partition coefficient (Wildman–Crippen LogP) is 4.40. The van der Waals surface area contributed by atoms with Gasteiger partial charge in [0.05, 0.1) is 22.4 Å². The maximum Gasteiger partial charge on any atom is 0.335 e. The van der Waals surface area contributed by atoms with E-state index in [0.29, 0.717) is 43.6 Å². The summed E-state index contributed by atoms with van der Waals surface area (Å²) in [7, 11) is 0. The number of halogens is 2. The maximum absolute atomic E-state index is 14.7. The normalized spacial score (nSPS) is 20.0. The van der Waals surface area contributed by atoms with Crippen molar-refractivity contribution in [3.63, 3.8) is 0 Å². The number of aliphatic hydroxyl groups is 1. The standard InChI is InChI=1S/C32H30ClFN4O6/c33-24-5-1-4-23(28(24)34)25-17-27(44-36-25)31(41)38-16-13-21-22(3-2-6-26(21)37-14-11-20(39)12-15-37)29(38)30(40)35-19-9-7-18(8-10-19)32(42)43/h1-10,20,27,29,39H,11-17H2,(H,35,40)(H,42,43)/t27-,29+/m1/s1. The van der Waals surface area contributed by atoms with Crippen LogP contribution in [-0.4, -0.2) is 70.5 Å². The van der Waals surface area contributed by atoms with E-state index in [9.17, 15) is 29.0 Å². The fourth-order valence-electron chi connectivity index (χ4n) is 6.06. The second-order valence-electron chi connectivity index (χ2n) is 11.1. The molecule has 0 saturated carbocycles. The lowest BCUT2D eigenvalue weighted by atomic mass is 9.89. The molecule has 10 nitrogen and oxygen atoms in total. The third-order valence-electron chi connectivity index (χ3n) is 8.34. The minimum absolute atomic E-state index is 0.000581.